The number of ether oxygens (including phenoxy) is 1. The Bertz CT molecular complexity index is 1340. The van der Waals surface area contributed by atoms with Crippen molar-refractivity contribution in [2.45, 2.75) is 25.7 Å². The monoisotopic (exact) mass is 506 g/mol. The van der Waals surface area contributed by atoms with Gasteiger partial charge in [-0.05, 0) is 85.3 Å². The quantitative estimate of drug-likeness (QED) is 0.174. The van der Waals surface area contributed by atoms with Gasteiger partial charge in [0.25, 0.3) is 0 Å². The predicted molar refractivity (Wildman–Crippen MR) is 133 cm³/mol. The summed E-state index contributed by atoms with van der Waals surface area (Å²) >= 11 is 7.16. The number of benzene rings is 2. The minimum absolute atomic E-state index is 0.331. The first-order chi connectivity index (χ1) is 16.9. The highest BCUT2D eigenvalue weighted by Gasteiger charge is 2.23. The third kappa shape index (κ3) is 5.93. The first-order valence-electron chi connectivity index (χ1n) is 10.7. The molecule has 0 saturated carbocycles. The fourth-order valence-electron chi connectivity index (χ4n) is 3.52. The Balaban J connectivity index is 1.30. The van der Waals surface area contributed by atoms with E-state index in [2.05, 4.69) is 21.9 Å². The highest BCUT2D eigenvalue weighted by Crippen LogP contribution is 2.37. The Kier molecular flexibility index (Phi) is 7.55. The molecule has 0 atom stereocenters. The molecule has 0 aliphatic heterocycles. The molecule has 3 aromatic rings. The maximum absolute atomic E-state index is 12.3. The van der Waals surface area contributed by atoms with Crippen molar-refractivity contribution < 1.29 is 19.1 Å². The lowest BCUT2D eigenvalue weighted by atomic mass is 9.96. The number of nitrogens with zero attached hydrogens (tertiary/aromatic N) is 2. The summed E-state index contributed by atoms with van der Waals surface area (Å²) < 4.78 is 5.30. The van der Waals surface area contributed by atoms with Crippen molar-refractivity contribution in [1.82, 2.24) is 5.43 Å². The number of hydrogen-bond acceptors (Lipinski definition) is 7. The molecule has 1 aromatic heterocycles. The zero-order valence-electron chi connectivity index (χ0n) is 18.3. The number of esters is 1. The number of anilines is 1. The van der Waals surface area contributed by atoms with Gasteiger partial charge < -0.3 is 10.1 Å². The number of hydrazone groups is 1. The Morgan fingerprint density at radius 1 is 1.03 bits per heavy atom. The largest absolute Gasteiger partial charge is 0.423 e. The van der Waals surface area contributed by atoms with Gasteiger partial charge in [-0.1, -0.05) is 11.6 Å². The molecule has 0 unspecified atom stereocenters. The molecule has 0 saturated heterocycles. The standard InChI is InChI=1S/C25H19ClN4O4S/c26-17-9-7-16(8-10-17)25(33)34-18-11-5-15(6-12-18)14-28-30-23(32)22(31)29-24-20(13-27)19-3-1-2-4-21(19)35-24/h5-12,14H,1-4H2,(H,29,31)(H,30,32). The van der Waals surface area contributed by atoms with Crippen LogP contribution in [0.3, 0.4) is 0 Å². The van der Waals surface area contributed by atoms with Crippen molar-refractivity contribution in [3.05, 3.63) is 80.7 Å². The summed E-state index contributed by atoms with van der Waals surface area (Å²) in [6.07, 6.45) is 5.08. The Hall–Kier alpha value is -4.00. The maximum Gasteiger partial charge on any atom is 0.343 e. The van der Waals surface area contributed by atoms with Gasteiger partial charge in [0, 0.05) is 9.90 Å². The zero-order valence-corrected chi connectivity index (χ0v) is 19.9. The van der Waals surface area contributed by atoms with Crippen molar-refractivity contribution in [1.29, 1.82) is 5.26 Å². The van der Waals surface area contributed by atoms with Crippen LogP contribution in [-0.2, 0) is 22.4 Å². The number of thiophene rings is 1. The van der Waals surface area contributed by atoms with Crippen LogP contribution in [0, 0.1) is 11.3 Å². The van der Waals surface area contributed by atoms with Crippen LogP contribution in [0.4, 0.5) is 5.00 Å². The van der Waals surface area contributed by atoms with E-state index in [1.54, 1.807) is 48.5 Å². The molecule has 4 rings (SSSR count). The van der Waals surface area contributed by atoms with Gasteiger partial charge >= 0.3 is 17.8 Å². The number of amides is 2. The minimum Gasteiger partial charge on any atom is -0.423 e. The molecule has 2 amide bonds. The van der Waals surface area contributed by atoms with E-state index < -0.39 is 17.8 Å². The number of nitriles is 1. The number of nitrogens with one attached hydrogen (secondary N) is 2. The second-order valence-electron chi connectivity index (χ2n) is 7.65. The van der Waals surface area contributed by atoms with Crippen LogP contribution in [-0.4, -0.2) is 24.0 Å². The van der Waals surface area contributed by atoms with Gasteiger partial charge in [0.1, 0.15) is 16.8 Å². The van der Waals surface area contributed by atoms with Crippen molar-refractivity contribution in [3.63, 3.8) is 0 Å². The molecular formula is C25H19ClN4O4S. The molecule has 176 valence electrons. The van der Waals surface area contributed by atoms with E-state index in [4.69, 9.17) is 16.3 Å². The van der Waals surface area contributed by atoms with E-state index in [9.17, 15) is 19.6 Å². The molecule has 2 N–H and O–H groups in total. The second-order valence-corrected chi connectivity index (χ2v) is 9.19. The van der Waals surface area contributed by atoms with E-state index in [-0.39, 0.29) is 0 Å². The van der Waals surface area contributed by atoms with E-state index in [0.29, 0.717) is 32.5 Å². The summed E-state index contributed by atoms with van der Waals surface area (Å²) in [6, 6.07) is 14.9. The molecule has 0 fully saturated rings. The van der Waals surface area contributed by atoms with E-state index >= 15 is 0 Å². The van der Waals surface area contributed by atoms with Gasteiger partial charge in [-0.25, -0.2) is 10.2 Å². The molecule has 10 heteroatoms. The fraction of sp³-hybridized carbons (Fsp3) is 0.160. The number of aryl methyl sites for hydroxylation is 1. The third-order valence-corrected chi connectivity index (χ3v) is 6.73. The number of carbonyl (C=O) groups excluding carboxylic acids is 3. The maximum atomic E-state index is 12.3. The van der Waals surface area contributed by atoms with Crippen LogP contribution in [0.15, 0.2) is 53.6 Å². The van der Waals surface area contributed by atoms with Crippen LogP contribution < -0.4 is 15.5 Å². The lowest BCUT2D eigenvalue weighted by molar-refractivity contribution is -0.136. The molecule has 2 aromatic carbocycles. The van der Waals surface area contributed by atoms with Crippen LogP contribution >= 0.6 is 22.9 Å². The number of carbonyl (C=O) groups is 3. The first-order valence-corrected chi connectivity index (χ1v) is 11.9. The van der Waals surface area contributed by atoms with Crippen molar-refractivity contribution in [2.24, 2.45) is 5.10 Å². The fourth-order valence-corrected chi connectivity index (χ4v) is 4.88. The molecule has 0 bridgehead atoms. The molecular weight excluding hydrogens is 488 g/mol. The molecule has 0 radical (unpaired) electrons. The minimum atomic E-state index is -0.954. The molecule has 8 nitrogen and oxygen atoms in total. The Morgan fingerprint density at radius 2 is 1.74 bits per heavy atom. The van der Waals surface area contributed by atoms with E-state index in [1.807, 2.05) is 0 Å². The number of hydrogen-bond donors (Lipinski definition) is 2. The number of rotatable bonds is 5. The molecule has 35 heavy (non-hydrogen) atoms. The van der Waals surface area contributed by atoms with Gasteiger partial charge in [-0.15, -0.1) is 11.3 Å². The summed E-state index contributed by atoms with van der Waals surface area (Å²) in [5, 5.41) is 16.7. The van der Waals surface area contributed by atoms with Gasteiger partial charge in [0.05, 0.1) is 17.3 Å². The van der Waals surface area contributed by atoms with Gasteiger partial charge in [-0.2, -0.15) is 10.4 Å². The van der Waals surface area contributed by atoms with Crippen LogP contribution in [0.2, 0.25) is 5.02 Å². The first kappa shape index (κ1) is 24.1. The normalized spacial score (nSPS) is 12.5. The van der Waals surface area contributed by atoms with Crippen LogP contribution in [0.5, 0.6) is 5.75 Å². The lowest BCUT2D eigenvalue weighted by Crippen LogP contribution is -2.32. The Morgan fingerprint density at radius 3 is 2.46 bits per heavy atom. The van der Waals surface area contributed by atoms with Crippen molar-refractivity contribution in [3.8, 4) is 11.8 Å². The predicted octanol–water partition coefficient (Wildman–Crippen LogP) is 4.46. The summed E-state index contributed by atoms with van der Waals surface area (Å²) in [5.74, 6) is -2.04. The SMILES string of the molecule is N#Cc1c(NC(=O)C(=O)NN=Cc2ccc(OC(=O)c3ccc(Cl)cc3)cc2)sc2c1CCCC2. The number of fused-ring (bicyclic) bond motifs is 1. The number of halogens is 1. The highest BCUT2D eigenvalue weighted by molar-refractivity contribution is 7.16. The van der Waals surface area contributed by atoms with Crippen molar-refractivity contribution in [2.75, 3.05) is 5.32 Å². The van der Waals surface area contributed by atoms with E-state index in [1.165, 1.54) is 17.6 Å². The smallest absolute Gasteiger partial charge is 0.343 e. The Labute approximate surface area is 210 Å². The summed E-state index contributed by atoms with van der Waals surface area (Å²) in [4.78, 5) is 37.6. The van der Waals surface area contributed by atoms with E-state index in [0.717, 1.165) is 36.1 Å². The molecule has 0 spiro atoms. The molecule has 1 aliphatic rings. The summed E-state index contributed by atoms with van der Waals surface area (Å²) in [7, 11) is 0. The van der Waals surface area contributed by atoms with Gasteiger partial charge in [-0.3, -0.25) is 9.59 Å². The second kappa shape index (κ2) is 11.0. The average molecular weight is 507 g/mol. The van der Waals surface area contributed by atoms with Crippen molar-refractivity contribution >= 4 is 51.9 Å². The topological polar surface area (TPSA) is 121 Å². The van der Waals surface area contributed by atoms with Gasteiger partial charge in [0.15, 0.2) is 0 Å². The molecule has 1 heterocycles. The highest BCUT2D eigenvalue weighted by atomic mass is 35.5. The van der Waals surface area contributed by atoms with Gasteiger partial charge in [0.2, 0.25) is 0 Å². The average Bonchev–Trinajstić information content (AvgIpc) is 3.22. The molecule has 1 aliphatic carbocycles. The summed E-state index contributed by atoms with van der Waals surface area (Å²) in [5.41, 5.74) is 4.55. The lowest BCUT2D eigenvalue weighted by Gasteiger charge is -2.09. The van der Waals surface area contributed by atoms with Crippen LogP contribution in [0.25, 0.3) is 0 Å². The third-order valence-electron chi connectivity index (χ3n) is 5.27. The van der Waals surface area contributed by atoms with Crippen LogP contribution in [0.1, 0.15) is 44.8 Å². The summed E-state index contributed by atoms with van der Waals surface area (Å²) in [6.45, 7) is 0. The zero-order chi connectivity index (χ0) is 24.8.